The van der Waals surface area contributed by atoms with E-state index in [0.717, 1.165) is 25.9 Å². The Kier molecular flexibility index (Phi) is 7.00. The lowest BCUT2D eigenvalue weighted by molar-refractivity contribution is -0.149. The Morgan fingerprint density at radius 2 is 1.90 bits per heavy atom. The molecule has 0 aromatic carbocycles. The minimum Gasteiger partial charge on any atom is -0.466 e. The summed E-state index contributed by atoms with van der Waals surface area (Å²) in [6.45, 7) is 4.36. The molecule has 7 nitrogen and oxygen atoms in total. The fraction of sp³-hybridized carbons (Fsp3) is 0.769. The molecule has 0 saturated carbocycles. The lowest BCUT2D eigenvalue weighted by Crippen LogP contribution is -2.41. The van der Waals surface area contributed by atoms with Crippen molar-refractivity contribution in [2.24, 2.45) is 5.92 Å². The van der Waals surface area contributed by atoms with Gasteiger partial charge in [-0.25, -0.2) is 4.79 Å². The molecule has 3 amide bonds. The van der Waals surface area contributed by atoms with Gasteiger partial charge >= 0.3 is 12.0 Å². The average Bonchev–Trinajstić information content (AvgIpc) is 2.45. The number of esters is 1. The van der Waals surface area contributed by atoms with Gasteiger partial charge in [0.05, 0.1) is 12.5 Å². The number of nitrogens with one attached hydrogen (secondary N) is 2. The predicted octanol–water partition coefficient (Wildman–Crippen LogP) is 0.107. The summed E-state index contributed by atoms with van der Waals surface area (Å²) in [6.07, 6.45) is 1.79. The molecule has 2 N–H and O–H groups in total. The molecule has 0 atom stereocenters. The van der Waals surface area contributed by atoms with Crippen molar-refractivity contribution in [1.82, 2.24) is 15.5 Å². The molecule has 1 saturated heterocycles. The maximum Gasteiger partial charge on any atom is 0.321 e. The molecule has 0 bridgehead atoms. The Morgan fingerprint density at radius 3 is 2.45 bits per heavy atom. The Balaban J connectivity index is 2.21. The third-order valence-corrected chi connectivity index (χ3v) is 3.34. The third kappa shape index (κ3) is 5.56. The van der Waals surface area contributed by atoms with Crippen LogP contribution in [-0.4, -0.2) is 56.1 Å². The van der Waals surface area contributed by atoms with Crippen LogP contribution in [0.4, 0.5) is 4.79 Å². The van der Waals surface area contributed by atoms with Crippen LogP contribution in [0.3, 0.4) is 0 Å². The lowest BCUT2D eigenvalue weighted by Gasteiger charge is -2.30. The minimum atomic E-state index is -0.490. The number of carbonyl (C=O) groups is 3. The summed E-state index contributed by atoms with van der Waals surface area (Å²) < 4.78 is 5.00. The van der Waals surface area contributed by atoms with E-state index in [4.69, 9.17) is 4.74 Å². The van der Waals surface area contributed by atoms with Crippen molar-refractivity contribution in [2.75, 3.05) is 33.3 Å². The van der Waals surface area contributed by atoms with E-state index in [1.54, 1.807) is 6.92 Å². The highest BCUT2D eigenvalue weighted by atomic mass is 16.5. The highest BCUT2D eigenvalue weighted by Gasteiger charge is 2.25. The smallest absolute Gasteiger partial charge is 0.321 e. The summed E-state index contributed by atoms with van der Waals surface area (Å²) >= 11 is 0. The first-order chi connectivity index (χ1) is 9.56. The summed E-state index contributed by atoms with van der Waals surface area (Å²) in [5.41, 5.74) is 0. The zero-order chi connectivity index (χ0) is 15.0. The molecule has 0 aromatic rings. The first-order valence-corrected chi connectivity index (χ1v) is 6.97. The molecular formula is C13H23N3O4. The van der Waals surface area contributed by atoms with E-state index in [9.17, 15) is 14.4 Å². The van der Waals surface area contributed by atoms with Crippen molar-refractivity contribution >= 4 is 17.9 Å². The SMILES string of the molecule is CCOC(=O)C1CCN(CCC(=O)NC(=O)NC)CC1. The number of nitrogens with zero attached hydrogens (tertiary/aromatic N) is 1. The summed E-state index contributed by atoms with van der Waals surface area (Å²) in [4.78, 5) is 36.1. The Bertz CT molecular complexity index is 352. The zero-order valence-electron chi connectivity index (χ0n) is 12.1. The molecule has 0 aliphatic carbocycles. The summed E-state index contributed by atoms with van der Waals surface area (Å²) in [5, 5.41) is 4.55. The highest BCUT2D eigenvalue weighted by molar-refractivity contribution is 5.94. The quantitative estimate of drug-likeness (QED) is 0.700. The second-order valence-corrected chi connectivity index (χ2v) is 4.75. The number of imide groups is 1. The maximum atomic E-state index is 11.6. The van der Waals surface area contributed by atoms with E-state index in [2.05, 4.69) is 15.5 Å². The molecule has 1 aliphatic rings. The largest absolute Gasteiger partial charge is 0.466 e. The van der Waals surface area contributed by atoms with Gasteiger partial charge in [0.2, 0.25) is 5.91 Å². The van der Waals surface area contributed by atoms with Crippen LogP contribution in [0.1, 0.15) is 26.2 Å². The number of likely N-dealkylation sites (tertiary alicyclic amines) is 1. The van der Waals surface area contributed by atoms with Gasteiger partial charge in [0, 0.05) is 20.0 Å². The van der Waals surface area contributed by atoms with Crippen LogP contribution in [0.5, 0.6) is 0 Å². The summed E-state index contributed by atoms with van der Waals surface area (Å²) in [7, 11) is 1.46. The first kappa shape index (κ1) is 16.4. The van der Waals surface area contributed by atoms with Crippen LogP contribution in [0, 0.1) is 5.92 Å². The molecule has 20 heavy (non-hydrogen) atoms. The second-order valence-electron chi connectivity index (χ2n) is 4.75. The standard InChI is InChI=1S/C13H23N3O4/c1-3-20-12(18)10-4-7-16(8-5-10)9-6-11(17)15-13(19)14-2/h10H,3-9H2,1-2H3,(H2,14,15,17,19). The number of amides is 3. The van der Waals surface area contributed by atoms with Crippen LogP contribution in [0.15, 0.2) is 0 Å². The lowest BCUT2D eigenvalue weighted by atomic mass is 9.97. The van der Waals surface area contributed by atoms with Gasteiger partial charge in [-0.15, -0.1) is 0 Å². The number of hydrogen-bond acceptors (Lipinski definition) is 5. The molecule has 1 rings (SSSR count). The summed E-state index contributed by atoms with van der Waals surface area (Å²) in [5.74, 6) is -0.438. The van der Waals surface area contributed by atoms with E-state index in [-0.39, 0.29) is 24.2 Å². The number of hydrogen-bond donors (Lipinski definition) is 2. The molecule has 0 spiro atoms. The van der Waals surface area contributed by atoms with Crippen LogP contribution in [0.2, 0.25) is 0 Å². The van der Waals surface area contributed by atoms with Gasteiger partial charge in [-0.05, 0) is 32.9 Å². The highest BCUT2D eigenvalue weighted by Crippen LogP contribution is 2.18. The van der Waals surface area contributed by atoms with E-state index in [1.807, 2.05) is 0 Å². The fourth-order valence-electron chi connectivity index (χ4n) is 2.16. The Labute approximate surface area is 119 Å². The van der Waals surface area contributed by atoms with Crippen molar-refractivity contribution in [3.05, 3.63) is 0 Å². The molecule has 1 aliphatic heterocycles. The number of carbonyl (C=O) groups excluding carboxylic acids is 3. The van der Waals surface area contributed by atoms with Crippen molar-refractivity contribution in [3.63, 3.8) is 0 Å². The van der Waals surface area contributed by atoms with Gasteiger partial charge in [0.15, 0.2) is 0 Å². The third-order valence-electron chi connectivity index (χ3n) is 3.34. The number of ether oxygens (including phenoxy) is 1. The molecule has 114 valence electrons. The van der Waals surface area contributed by atoms with Gasteiger partial charge < -0.3 is 15.0 Å². The van der Waals surface area contributed by atoms with Gasteiger partial charge in [-0.3, -0.25) is 14.9 Å². The molecule has 0 unspecified atom stereocenters. The molecule has 0 radical (unpaired) electrons. The van der Waals surface area contributed by atoms with Crippen molar-refractivity contribution < 1.29 is 19.1 Å². The van der Waals surface area contributed by atoms with Gasteiger partial charge in [-0.1, -0.05) is 0 Å². The number of piperidine rings is 1. The number of rotatable bonds is 5. The minimum absolute atomic E-state index is 0.0223. The van der Waals surface area contributed by atoms with Crippen LogP contribution >= 0.6 is 0 Å². The van der Waals surface area contributed by atoms with Crippen LogP contribution in [-0.2, 0) is 14.3 Å². The van der Waals surface area contributed by atoms with E-state index >= 15 is 0 Å². The fourth-order valence-corrected chi connectivity index (χ4v) is 2.16. The van der Waals surface area contributed by atoms with E-state index < -0.39 is 6.03 Å². The van der Waals surface area contributed by atoms with Gasteiger partial charge in [-0.2, -0.15) is 0 Å². The monoisotopic (exact) mass is 285 g/mol. The van der Waals surface area contributed by atoms with E-state index in [1.165, 1.54) is 7.05 Å². The first-order valence-electron chi connectivity index (χ1n) is 6.97. The average molecular weight is 285 g/mol. The Hall–Kier alpha value is -1.63. The molecular weight excluding hydrogens is 262 g/mol. The van der Waals surface area contributed by atoms with Crippen molar-refractivity contribution in [2.45, 2.75) is 26.2 Å². The van der Waals surface area contributed by atoms with Crippen molar-refractivity contribution in [3.8, 4) is 0 Å². The molecule has 1 fully saturated rings. The van der Waals surface area contributed by atoms with Gasteiger partial charge in [0.1, 0.15) is 0 Å². The molecule has 0 aromatic heterocycles. The second kappa shape index (κ2) is 8.52. The topological polar surface area (TPSA) is 87.7 Å². The maximum absolute atomic E-state index is 11.6. The van der Waals surface area contributed by atoms with Crippen molar-refractivity contribution in [1.29, 1.82) is 0 Å². The normalized spacial score (nSPS) is 16.5. The Morgan fingerprint density at radius 1 is 1.25 bits per heavy atom. The molecule has 1 heterocycles. The van der Waals surface area contributed by atoms with Crippen LogP contribution in [0.25, 0.3) is 0 Å². The summed E-state index contributed by atoms with van der Waals surface area (Å²) in [6, 6.07) is -0.490. The van der Waals surface area contributed by atoms with Gasteiger partial charge in [0.25, 0.3) is 0 Å². The van der Waals surface area contributed by atoms with E-state index in [0.29, 0.717) is 13.2 Å². The number of urea groups is 1. The molecule has 7 heteroatoms. The zero-order valence-corrected chi connectivity index (χ0v) is 12.1. The van der Waals surface area contributed by atoms with Crippen LogP contribution < -0.4 is 10.6 Å². The predicted molar refractivity (Wildman–Crippen MR) is 73.0 cm³/mol.